The maximum Gasteiger partial charge on any atom is 0.230 e. The van der Waals surface area contributed by atoms with E-state index >= 15 is 0 Å². The van der Waals surface area contributed by atoms with Crippen molar-refractivity contribution >= 4 is 23.1 Å². The van der Waals surface area contributed by atoms with Gasteiger partial charge in [-0.05, 0) is 55.7 Å². The molecule has 0 saturated heterocycles. The van der Waals surface area contributed by atoms with Gasteiger partial charge in [-0.3, -0.25) is 4.79 Å². The molecule has 2 saturated carbocycles. The molecule has 134 valence electrons. The van der Waals surface area contributed by atoms with Gasteiger partial charge in [0.05, 0.1) is 24.0 Å². The molecule has 1 aromatic heterocycles. The van der Waals surface area contributed by atoms with E-state index in [4.69, 9.17) is 0 Å². The Kier molecular flexibility index (Phi) is 3.71. The average molecular weight is 349 g/mol. The first-order valence-electron chi connectivity index (χ1n) is 9.50. The Labute approximate surface area is 153 Å². The molecule has 4 atom stereocenters. The van der Waals surface area contributed by atoms with Crippen LogP contribution in [0.25, 0.3) is 0 Å². The number of benzene rings is 1. The number of rotatable bonds is 1. The van der Waals surface area contributed by atoms with Gasteiger partial charge in [-0.1, -0.05) is 18.2 Å². The number of para-hydroxylation sites is 2. The normalized spacial score (nSPS) is 29.3. The molecule has 0 spiro atoms. The Morgan fingerprint density at radius 1 is 1.12 bits per heavy atom. The van der Waals surface area contributed by atoms with E-state index in [-0.39, 0.29) is 23.8 Å². The first kappa shape index (κ1) is 15.8. The van der Waals surface area contributed by atoms with Crippen LogP contribution in [-0.2, 0) is 11.3 Å². The lowest BCUT2D eigenvalue weighted by Gasteiger charge is -2.28. The number of pyridine rings is 1. The predicted octanol–water partition coefficient (Wildman–Crippen LogP) is 3.47. The van der Waals surface area contributed by atoms with Gasteiger partial charge in [0.25, 0.3) is 0 Å². The van der Waals surface area contributed by atoms with E-state index in [0.717, 1.165) is 48.4 Å². The van der Waals surface area contributed by atoms with Crippen LogP contribution < -0.4 is 10.2 Å². The summed E-state index contributed by atoms with van der Waals surface area (Å²) in [5.41, 5.74) is 2.86. The topological polar surface area (TPSA) is 65.5 Å². The zero-order valence-electron chi connectivity index (χ0n) is 14.6. The minimum Gasteiger partial charge on any atom is -0.393 e. The fourth-order valence-corrected chi connectivity index (χ4v) is 5.00. The van der Waals surface area contributed by atoms with Gasteiger partial charge in [-0.2, -0.15) is 0 Å². The molecule has 2 heterocycles. The third-order valence-corrected chi connectivity index (χ3v) is 6.36. The molecule has 2 unspecified atom stereocenters. The van der Waals surface area contributed by atoms with Crippen molar-refractivity contribution in [2.45, 2.75) is 38.3 Å². The summed E-state index contributed by atoms with van der Waals surface area (Å²) in [6, 6.07) is 11.9. The van der Waals surface area contributed by atoms with Gasteiger partial charge in [0.15, 0.2) is 0 Å². The molecule has 26 heavy (non-hydrogen) atoms. The van der Waals surface area contributed by atoms with Crippen molar-refractivity contribution in [2.75, 3.05) is 10.2 Å². The predicted molar refractivity (Wildman–Crippen MR) is 100 cm³/mol. The molecule has 2 N–H and O–H groups in total. The SMILES string of the molecule is O=C(C1C[C@H]2C[C@@H]1CCC2O)N1Cc2cccnc2Nc2ccccc21. The Morgan fingerprint density at radius 2 is 2.00 bits per heavy atom. The summed E-state index contributed by atoms with van der Waals surface area (Å²) in [6.07, 6.45) is 5.14. The van der Waals surface area contributed by atoms with E-state index in [2.05, 4.69) is 10.3 Å². The largest absolute Gasteiger partial charge is 0.393 e. The Morgan fingerprint density at radius 3 is 2.88 bits per heavy atom. The third-order valence-electron chi connectivity index (χ3n) is 6.36. The first-order valence-corrected chi connectivity index (χ1v) is 9.50. The highest BCUT2D eigenvalue weighted by Gasteiger charge is 2.46. The molecule has 1 aliphatic heterocycles. The summed E-state index contributed by atoms with van der Waals surface area (Å²) >= 11 is 0. The zero-order valence-corrected chi connectivity index (χ0v) is 14.6. The van der Waals surface area contributed by atoms with Gasteiger partial charge < -0.3 is 15.3 Å². The lowest BCUT2D eigenvalue weighted by atomic mass is 9.85. The van der Waals surface area contributed by atoms with E-state index < -0.39 is 0 Å². The van der Waals surface area contributed by atoms with E-state index in [1.165, 1.54) is 0 Å². The van der Waals surface area contributed by atoms with E-state index in [9.17, 15) is 9.90 Å². The summed E-state index contributed by atoms with van der Waals surface area (Å²) in [7, 11) is 0. The highest BCUT2D eigenvalue weighted by Crippen LogP contribution is 2.48. The average Bonchev–Trinajstić information content (AvgIpc) is 2.93. The number of carbonyl (C=O) groups is 1. The summed E-state index contributed by atoms with van der Waals surface area (Å²) in [4.78, 5) is 19.9. The number of hydrogen-bond donors (Lipinski definition) is 2. The van der Waals surface area contributed by atoms with Gasteiger partial charge in [-0.15, -0.1) is 0 Å². The summed E-state index contributed by atoms with van der Waals surface area (Å²) in [6.45, 7) is 0.530. The number of aromatic nitrogens is 1. The highest BCUT2D eigenvalue weighted by molar-refractivity contribution is 5.99. The molecular weight excluding hydrogens is 326 g/mol. The van der Waals surface area contributed by atoms with Crippen molar-refractivity contribution in [2.24, 2.45) is 17.8 Å². The molecular formula is C21H23N3O2. The third kappa shape index (κ3) is 2.50. The Balaban J connectivity index is 1.52. The molecule has 1 amide bonds. The van der Waals surface area contributed by atoms with Crippen molar-refractivity contribution in [3.8, 4) is 0 Å². The summed E-state index contributed by atoms with van der Waals surface area (Å²) < 4.78 is 0. The Bertz CT molecular complexity index is 853. The molecule has 2 aromatic rings. The second kappa shape index (κ2) is 6.09. The second-order valence-corrected chi connectivity index (χ2v) is 7.82. The summed E-state index contributed by atoms with van der Waals surface area (Å²) in [5, 5.41) is 13.6. The van der Waals surface area contributed by atoms with Crippen LogP contribution in [0.3, 0.4) is 0 Å². The number of nitrogens with one attached hydrogen (secondary N) is 1. The molecule has 5 heteroatoms. The standard InChI is InChI=1S/C21H23N3O2/c25-19-8-7-13-10-15(19)11-16(13)21(26)24-12-14-4-3-9-22-20(14)23-17-5-1-2-6-18(17)24/h1-6,9,13,15-16,19,25H,7-8,10-12H2,(H,22,23)/t13-,15+,16?,19?/m0/s1. The maximum absolute atomic E-state index is 13.6. The molecule has 2 fully saturated rings. The van der Waals surface area contributed by atoms with Crippen molar-refractivity contribution in [3.63, 3.8) is 0 Å². The van der Waals surface area contributed by atoms with Gasteiger partial charge in [-0.25, -0.2) is 4.98 Å². The fraction of sp³-hybridized carbons (Fsp3) is 0.429. The lowest BCUT2D eigenvalue weighted by molar-refractivity contribution is -0.123. The molecule has 1 aromatic carbocycles. The molecule has 2 aliphatic carbocycles. The van der Waals surface area contributed by atoms with Crippen molar-refractivity contribution < 1.29 is 9.90 Å². The number of carbonyl (C=O) groups excluding carboxylic acids is 1. The highest BCUT2D eigenvalue weighted by atomic mass is 16.3. The molecule has 5 nitrogen and oxygen atoms in total. The van der Waals surface area contributed by atoms with Crippen molar-refractivity contribution in [1.82, 2.24) is 4.98 Å². The molecule has 2 bridgehead atoms. The van der Waals surface area contributed by atoms with Crippen LogP contribution in [0.5, 0.6) is 0 Å². The summed E-state index contributed by atoms with van der Waals surface area (Å²) in [5.74, 6) is 1.72. The van der Waals surface area contributed by atoms with Crippen LogP contribution in [0.15, 0.2) is 42.6 Å². The van der Waals surface area contributed by atoms with Crippen LogP contribution in [0.4, 0.5) is 17.2 Å². The number of fused-ring (bicyclic) bond motifs is 4. The number of aliphatic hydroxyl groups is 1. The Hall–Kier alpha value is -2.40. The molecule has 5 rings (SSSR count). The second-order valence-electron chi connectivity index (χ2n) is 7.82. The number of aliphatic hydroxyl groups excluding tert-OH is 1. The molecule has 3 aliphatic rings. The van der Waals surface area contributed by atoms with Crippen molar-refractivity contribution in [3.05, 3.63) is 48.2 Å². The maximum atomic E-state index is 13.6. The monoisotopic (exact) mass is 349 g/mol. The zero-order chi connectivity index (χ0) is 17.7. The quantitative estimate of drug-likeness (QED) is 0.827. The van der Waals surface area contributed by atoms with Crippen LogP contribution in [-0.4, -0.2) is 22.1 Å². The number of amides is 1. The van der Waals surface area contributed by atoms with E-state index in [1.807, 2.05) is 41.3 Å². The van der Waals surface area contributed by atoms with Crippen molar-refractivity contribution in [1.29, 1.82) is 0 Å². The van der Waals surface area contributed by atoms with Gasteiger partial charge in [0, 0.05) is 17.7 Å². The van der Waals surface area contributed by atoms with Gasteiger partial charge in [0.1, 0.15) is 5.82 Å². The molecule has 0 radical (unpaired) electrons. The van der Waals surface area contributed by atoms with E-state index in [0.29, 0.717) is 12.5 Å². The first-order chi connectivity index (χ1) is 12.7. The van der Waals surface area contributed by atoms with Gasteiger partial charge in [0.2, 0.25) is 5.91 Å². The van der Waals surface area contributed by atoms with Gasteiger partial charge >= 0.3 is 0 Å². The number of nitrogens with zero attached hydrogens (tertiary/aromatic N) is 2. The van der Waals surface area contributed by atoms with Crippen LogP contribution in [0.2, 0.25) is 0 Å². The minimum absolute atomic E-state index is 0.0171. The smallest absolute Gasteiger partial charge is 0.230 e. The number of hydrogen-bond acceptors (Lipinski definition) is 4. The number of anilines is 3. The lowest BCUT2D eigenvalue weighted by Crippen LogP contribution is -2.37. The van der Waals surface area contributed by atoms with Crippen LogP contribution in [0, 0.1) is 17.8 Å². The minimum atomic E-state index is -0.230. The van der Waals surface area contributed by atoms with Crippen LogP contribution >= 0.6 is 0 Å². The van der Waals surface area contributed by atoms with Crippen LogP contribution in [0.1, 0.15) is 31.2 Å². The fourth-order valence-electron chi connectivity index (χ4n) is 5.00. The van der Waals surface area contributed by atoms with E-state index in [1.54, 1.807) is 6.20 Å².